The fraction of sp³-hybridized carbons (Fsp3) is 1.00. The molecule has 0 aliphatic heterocycles. The zero-order valence-corrected chi connectivity index (χ0v) is 12.3. The molecule has 0 fully saturated rings. The molecule has 0 aromatic heterocycles. The van der Waals surface area contributed by atoms with Crippen LogP contribution in [0.25, 0.3) is 0 Å². The predicted octanol–water partition coefficient (Wildman–Crippen LogP) is 5.75. The molecule has 0 aliphatic rings. The van der Waals surface area contributed by atoms with Crippen LogP contribution >= 0.6 is 0 Å². The van der Waals surface area contributed by atoms with Crippen LogP contribution in [-0.2, 0) is 5.11 Å². The minimum atomic E-state index is -0.381. The molecule has 0 aliphatic carbocycles. The first kappa shape index (κ1) is 17.0. The molecule has 1 heteroatoms. The lowest BCUT2D eigenvalue weighted by molar-refractivity contribution is 0.0546. The summed E-state index contributed by atoms with van der Waals surface area (Å²) in [7, 11) is 0. The third-order valence-corrected chi connectivity index (χ3v) is 3.81. The molecule has 1 nitrogen and oxygen atoms in total. The van der Waals surface area contributed by atoms with Gasteiger partial charge < -0.3 is 0 Å². The SMILES string of the molecule is CCCCCCCCCCCCC(C)C(C)[O]. The molecule has 1 radical (unpaired) electrons. The minimum Gasteiger partial charge on any atom is -0.233 e. The van der Waals surface area contributed by atoms with E-state index in [1.165, 1.54) is 64.2 Å². The van der Waals surface area contributed by atoms with Crippen LogP contribution in [0, 0.1) is 5.92 Å². The normalized spacial score (nSPS) is 14.8. The fourth-order valence-corrected chi connectivity index (χ4v) is 2.19. The van der Waals surface area contributed by atoms with E-state index >= 15 is 0 Å². The van der Waals surface area contributed by atoms with Gasteiger partial charge in [-0.15, -0.1) is 0 Å². The Balaban J connectivity index is 3.03. The molecule has 103 valence electrons. The third kappa shape index (κ3) is 12.2. The first-order chi connectivity index (χ1) is 8.18. The van der Waals surface area contributed by atoms with Gasteiger partial charge >= 0.3 is 0 Å². The summed E-state index contributed by atoms with van der Waals surface area (Å²) >= 11 is 0. The maximum Gasteiger partial charge on any atom is 0.0927 e. The Labute approximate surface area is 109 Å². The van der Waals surface area contributed by atoms with Crippen LogP contribution in [0.3, 0.4) is 0 Å². The number of hydrogen-bond donors (Lipinski definition) is 0. The fourth-order valence-electron chi connectivity index (χ4n) is 2.19. The van der Waals surface area contributed by atoms with Crippen LogP contribution < -0.4 is 0 Å². The molecule has 0 aromatic carbocycles. The largest absolute Gasteiger partial charge is 0.233 e. The second-order valence-electron chi connectivity index (χ2n) is 5.65. The van der Waals surface area contributed by atoms with Crippen LogP contribution in [-0.4, -0.2) is 6.10 Å². The summed E-state index contributed by atoms with van der Waals surface area (Å²) in [5.41, 5.74) is 0. The molecule has 0 N–H and O–H groups in total. The van der Waals surface area contributed by atoms with Crippen LogP contribution in [0.5, 0.6) is 0 Å². The lowest BCUT2D eigenvalue weighted by Crippen LogP contribution is -2.10. The highest BCUT2D eigenvalue weighted by atomic mass is 16.3. The highest BCUT2D eigenvalue weighted by Crippen LogP contribution is 2.15. The molecular weight excluding hydrogens is 208 g/mol. The number of unbranched alkanes of at least 4 members (excludes halogenated alkanes) is 9. The molecule has 0 bridgehead atoms. The Bertz CT molecular complexity index is 142. The van der Waals surface area contributed by atoms with E-state index in [-0.39, 0.29) is 6.10 Å². The molecule has 0 saturated heterocycles. The smallest absolute Gasteiger partial charge is 0.0927 e. The molecule has 0 saturated carbocycles. The summed E-state index contributed by atoms with van der Waals surface area (Å²) < 4.78 is 0. The van der Waals surface area contributed by atoms with Crippen molar-refractivity contribution in [2.45, 2.75) is 97.5 Å². The lowest BCUT2D eigenvalue weighted by atomic mass is 9.97. The summed E-state index contributed by atoms with van der Waals surface area (Å²) in [4.78, 5) is 0. The van der Waals surface area contributed by atoms with Gasteiger partial charge in [0.25, 0.3) is 0 Å². The van der Waals surface area contributed by atoms with E-state index in [0.717, 1.165) is 6.42 Å². The lowest BCUT2D eigenvalue weighted by Gasteiger charge is -2.11. The summed E-state index contributed by atoms with van der Waals surface area (Å²) in [5, 5.41) is 11.1. The van der Waals surface area contributed by atoms with Crippen LogP contribution in [0.1, 0.15) is 91.4 Å². The van der Waals surface area contributed by atoms with Crippen molar-refractivity contribution in [1.82, 2.24) is 0 Å². The van der Waals surface area contributed by atoms with Crippen molar-refractivity contribution in [2.24, 2.45) is 5.92 Å². The maximum atomic E-state index is 11.1. The Hall–Kier alpha value is -0.0400. The average Bonchev–Trinajstić information content (AvgIpc) is 2.31. The molecule has 0 rings (SSSR count). The van der Waals surface area contributed by atoms with Crippen molar-refractivity contribution >= 4 is 0 Å². The highest BCUT2D eigenvalue weighted by Gasteiger charge is 2.08. The first-order valence-corrected chi connectivity index (χ1v) is 7.84. The molecule has 0 aromatic rings. The molecule has 2 unspecified atom stereocenters. The van der Waals surface area contributed by atoms with E-state index in [2.05, 4.69) is 13.8 Å². The zero-order valence-electron chi connectivity index (χ0n) is 12.3. The van der Waals surface area contributed by atoms with Gasteiger partial charge in [-0.1, -0.05) is 78.1 Å². The van der Waals surface area contributed by atoms with Crippen molar-refractivity contribution in [3.63, 3.8) is 0 Å². The van der Waals surface area contributed by atoms with Crippen molar-refractivity contribution in [1.29, 1.82) is 0 Å². The van der Waals surface area contributed by atoms with Gasteiger partial charge in [-0.2, -0.15) is 0 Å². The van der Waals surface area contributed by atoms with E-state index in [1.54, 1.807) is 6.92 Å². The third-order valence-electron chi connectivity index (χ3n) is 3.81. The molecule has 0 heterocycles. The van der Waals surface area contributed by atoms with E-state index in [0.29, 0.717) is 5.92 Å². The van der Waals surface area contributed by atoms with Crippen molar-refractivity contribution in [2.75, 3.05) is 0 Å². The van der Waals surface area contributed by atoms with Crippen LogP contribution in [0.4, 0.5) is 0 Å². The Morgan fingerprint density at radius 3 is 1.53 bits per heavy atom. The van der Waals surface area contributed by atoms with E-state index in [9.17, 15) is 5.11 Å². The molecular formula is C16H33O. The van der Waals surface area contributed by atoms with Gasteiger partial charge in [0.1, 0.15) is 0 Å². The Morgan fingerprint density at radius 2 is 1.12 bits per heavy atom. The zero-order chi connectivity index (χ0) is 12.9. The molecule has 17 heavy (non-hydrogen) atoms. The molecule has 2 atom stereocenters. The standard InChI is InChI=1S/C16H33O/c1-4-5-6-7-8-9-10-11-12-13-14-15(2)16(3)17/h15-16H,4-14H2,1-3H3. The number of hydrogen-bond acceptors (Lipinski definition) is 0. The van der Waals surface area contributed by atoms with Crippen molar-refractivity contribution in [3.05, 3.63) is 0 Å². The van der Waals surface area contributed by atoms with Gasteiger partial charge in [0, 0.05) is 0 Å². The van der Waals surface area contributed by atoms with E-state index in [1.807, 2.05) is 0 Å². The summed E-state index contributed by atoms with van der Waals surface area (Å²) in [6.07, 6.45) is 14.5. The van der Waals surface area contributed by atoms with Gasteiger partial charge in [-0.05, 0) is 19.3 Å². The Morgan fingerprint density at radius 1 is 0.706 bits per heavy atom. The maximum absolute atomic E-state index is 11.1. The molecule has 0 amide bonds. The quantitative estimate of drug-likeness (QED) is 0.388. The summed E-state index contributed by atoms with van der Waals surface area (Å²) in [6, 6.07) is 0. The average molecular weight is 241 g/mol. The second-order valence-corrected chi connectivity index (χ2v) is 5.65. The topological polar surface area (TPSA) is 19.9 Å². The monoisotopic (exact) mass is 241 g/mol. The van der Waals surface area contributed by atoms with E-state index < -0.39 is 0 Å². The Kier molecular flexibility index (Phi) is 12.4. The van der Waals surface area contributed by atoms with Gasteiger partial charge in [-0.3, -0.25) is 0 Å². The van der Waals surface area contributed by atoms with Gasteiger partial charge in [0.2, 0.25) is 0 Å². The summed E-state index contributed by atoms with van der Waals surface area (Å²) in [5.74, 6) is 0.365. The van der Waals surface area contributed by atoms with Crippen LogP contribution in [0.2, 0.25) is 0 Å². The van der Waals surface area contributed by atoms with Gasteiger partial charge in [0.15, 0.2) is 0 Å². The minimum absolute atomic E-state index is 0.365. The van der Waals surface area contributed by atoms with E-state index in [4.69, 9.17) is 0 Å². The van der Waals surface area contributed by atoms with Crippen molar-refractivity contribution in [3.8, 4) is 0 Å². The predicted molar refractivity (Wildman–Crippen MR) is 75.8 cm³/mol. The highest BCUT2D eigenvalue weighted by molar-refractivity contribution is 4.59. The van der Waals surface area contributed by atoms with Crippen LogP contribution in [0.15, 0.2) is 0 Å². The number of rotatable bonds is 12. The first-order valence-electron chi connectivity index (χ1n) is 7.84. The summed E-state index contributed by atoms with van der Waals surface area (Å²) in [6.45, 7) is 6.15. The second kappa shape index (κ2) is 12.4. The van der Waals surface area contributed by atoms with Crippen molar-refractivity contribution < 1.29 is 5.11 Å². The van der Waals surface area contributed by atoms with Gasteiger partial charge in [0.05, 0.1) is 6.10 Å². The molecule has 0 spiro atoms. The van der Waals surface area contributed by atoms with Gasteiger partial charge in [-0.25, -0.2) is 5.11 Å².